The van der Waals surface area contributed by atoms with Crippen molar-refractivity contribution in [1.82, 2.24) is 38.7 Å². The number of thioether (sulfide) groups is 2. The van der Waals surface area contributed by atoms with Gasteiger partial charge in [-0.25, -0.2) is 8.78 Å². The van der Waals surface area contributed by atoms with Gasteiger partial charge >= 0.3 is 12.4 Å². The van der Waals surface area contributed by atoms with Gasteiger partial charge in [-0.1, -0.05) is 148 Å². The van der Waals surface area contributed by atoms with Gasteiger partial charge in [0.1, 0.15) is 24.6 Å². The number of likely N-dealkylation sites (N-methyl/N-ethyl adjacent to an activating group) is 2. The van der Waals surface area contributed by atoms with Gasteiger partial charge in [0, 0.05) is 92.4 Å². The van der Waals surface area contributed by atoms with Crippen molar-refractivity contribution in [3.05, 3.63) is 233 Å². The van der Waals surface area contributed by atoms with E-state index in [2.05, 4.69) is 9.97 Å². The van der Waals surface area contributed by atoms with E-state index in [0.717, 1.165) is 68.0 Å². The Morgan fingerprint density at radius 3 is 1.59 bits per heavy atom. The van der Waals surface area contributed by atoms with E-state index in [1.165, 1.54) is 60.7 Å². The largest absolute Gasteiger partial charge is 0.416 e. The van der Waals surface area contributed by atoms with Gasteiger partial charge in [0.2, 0.25) is 11.8 Å². The fourth-order valence-electron chi connectivity index (χ4n) is 9.16. The normalized spacial score (nSPS) is 20.7. The van der Waals surface area contributed by atoms with Crippen molar-refractivity contribution in [3.8, 4) is 22.3 Å². The first kappa shape index (κ1) is 39.3. The lowest BCUT2D eigenvalue weighted by molar-refractivity contribution is -0.138. The van der Waals surface area contributed by atoms with Gasteiger partial charge in [-0.3, -0.25) is 19.2 Å². The number of hydrogen-bond donors (Lipinski definition) is 0. The van der Waals surface area contributed by atoms with Crippen molar-refractivity contribution in [1.29, 1.82) is 0 Å². The van der Waals surface area contributed by atoms with E-state index in [9.17, 15) is 60.5 Å². The van der Waals surface area contributed by atoms with Crippen LogP contribution in [-0.2, 0) is 85.0 Å². The number of carbonyl (C=O) groups is 2. The van der Waals surface area contributed by atoms with E-state index >= 15 is 4.79 Å². The molecule has 0 saturated carbocycles. The molecule has 2 aromatic heterocycles. The fraction of sp³-hybridized carbons (Fsp3) is 0.370. The molecule has 0 atom stereocenters. The van der Waals surface area contributed by atoms with Crippen LogP contribution in [0.3, 0.4) is 0 Å². The summed E-state index contributed by atoms with van der Waals surface area (Å²) in [5, 5.41) is -1.41. The molecule has 0 N–H and O–H groups in total. The van der Waals surface area contributed by atoms with E-state index in [4.69, 9.17) is 34.3 Å². The highest BCUT2D eigenvalue weighted by Gasteiger charge is 2.33. The van der Waals surface area contributed by atoms with Crippen LogP contribution < -0.4 is 11.1 Å². The van der Waals surface area contributed by atoms with Crippen molar-refractivity contribution in [2.45, 2.75) is 133 Å². The quantitative estimate of drug-likeness (QED) is 0.0295. The first-order valence-electron chi connectivity index (χ1n) is 45.0. The molecule has 0 aliphatic heterocycles. The molecule has 2 amide bonds. The Balaban J connectivity index is 0.000000300. The molecular formula is C73H78F8N8O4S2. The monoisotopic (exact) mass is 1380 g/mol. The molecule has 10 rings (SSSR count). The zero-order chi connectivity index (χ0) is 97.3. The summed E-state index contributed by atoms with van der Waals surface area (Å²) in [4.78, 5) is 65.9. The van der Waals surface area contributed by atoms with Crippen LogP contribution in [0.1, 0.15) is 147 Å². The van der Waals surface area contributed by atoms with Gasteiger partial charge in [0.15, 0.2) is 10.3 Å². The molecule has 0 radical (unpaired) electrons. The standard InChI is InChI=1S/C37H40F4N4O2S.C36H38F4N4O2S/c1-4-43(5-2)19-20-44(22-26-9-13-28(14-10-26)29-15-18-32(25(3)21-29)37(39,40)41)34(46)23-45-33-8-6-7-31(33)35(47)42-36(45)48-24-27-11-16-30(38)17-12-27;1-3-42(4-2)20-21-43(22-25-8-12-27(13-9-25)28-14-16-29(17-15-28)36(38,39)40)33(45)23-44-32-7-5-6-31(32)34(46)41-35(44)47-24-26-10-18-30(37)19-11-26/h9-18,21H,4-8,19-20,22-24H2,1-3H3;8-19H,3-7,20-24H2,1-2H3/i4D2,5D2,6D2,7D2,8D2,9D,10D,11D,12D,13D,14D,15D,16D,17D,18D,21D,22D2,23D2;3D2,4D2,22D2,23D2. The molecule has 95 heavy (non-hydrogen) atoms. The van der Waals surface area contributed by atoms with Crippen LogP contribution in [-0.4, -0.2) is 103 Å². The molecule has 0 saturated heterocycles. The maximum Gasteiger partial charge on any atom is 0.416 e. The second kappa shape index (κ2) is 32.7. The maximum absolute atomic E-state index is 15.3. The first-order valence-corrected chi connectivity index (χ1v) is 30.5. The second-order valence-electron chi connectivity index (χ2n) is 20.2. The van der Waals surface area contributed by atoms with E-state index < -0.39 is 272 Å². The summed E-state index contributed by atoms with van der Waals surface area (Å²) in [5.41, 5.74) is -11.8. The van der Waals surface area contributed by atoms with Gasteiger partial charge in [-0.15, -0.1) is 0 Å². The van der Waals surface area contributed by atoms with Gasteiger partial charge in [-0.2, -0.15) is 36.3 Å². The average Bonchev–Trinajstić information content (AvgIpc) is 1.51. The van der Waals surface area contributed by atoms with Crippen molar-refractivity contribution in [2.24, 2.45) is 0 Å². The Kier molecular flexibility index (Phi) is 13.5. The molecule has 22 heteroatoms. The molecule has 2 aliphatic carbocycles. The third kappa shape index (κ3) is 19.0. The third-order valence-electron chi connectivity index (χ3n) is 14.0. The van der Waals surface area contributed by atoms with Crippen LogP contribution >= 0.6 is 23.5 Å². The summed E-state index contributed by atoms with van der Waals surface area (Å²) in [6, 6.07) is 0.764. The lowest BCUT2D eigenvalue weighted by atomic mass is 9.98. The minimum atomic E-state index is -5.30. The van der Waals surface area contributed by atoms with Crippen molar-refractivity contribution < 1.29 is 89.9 Å². The van der Waals surface area contributed by atoms with Gasteiger partial charge in [0.25, 0.3) is 11.1 Å². The molecular weight excluding hydrogens is 1270 g/mol. The van der Waals surface area contributed by atoms with Gasteiger partial charge in [-0.05, 0) is 164 Å². The zero-order valence-corrected chi connectivity index (χ0v) is 52.5. The second-order valence-corrected chi connectivity index (χ2v) is 22.0. The van der Waals surface area contributed by atoms with Crippen LogP contribution in [0.5, 0.6) is 0 Å². The molecule has 0 unspecified atom stereocenters. The Morgan fingerprint density at radius 1 is 0.547 bits per heavy atom. The predicted octanol–water partition coefficient (Wildman–Crippen LogP) is 14.7. The number of hydrogen-bond acceptors (Lipinski definition) is 10. The molecule has 12 nitrogen and oxygen atoms in total. The lowest BCUT2D eigenvalue weighted by Crippen LogP contribution is -2.40. The first-order chi connectivity index (χ1) is 58.1. The van der Waals surface area contributed by atoms with E-state index in [-0.39, 0.29) is 61.8 Å². The average molecular weight is 1380 g/mol. The van der Waals surface area contributed by atoms with Crippen LogP contribution in [0.2, 0.25) is 0 Å². The van der Waals surface area contributed by atoms with Crippen LogP contribution in [0.4, 0.5) is 35.1 Å². The highest BCUT2D eigenvalue weighted by atomic mass is 32.2. The Morgan fingerprint density at radius 2 is 1.04 bits per heavy atom. The fourth-order valence-corrected chi connectivity index (χ4v) is 10.9. The van der Waals surface area contributed by atoms with Crippen LogP contribution in [0.15, 0.2) is 159 Å². The molecule has 0 spiro atoms. The maximum atomic E-state index is 15.3. The predicted molar refractivity (Wildman–Crippen MR) is 358 cm³/mol. The highest BCUT2D eigenvalue weighted by molar-refractivity contribution is 7.98. The Hall–Kier alpha value is -7.92. The number of halogens is 8. The molecule has 502 valence electrons. The topological polar surface area (TPSA) is 117 Å². The van der Waals surface area contributed by atoms with Gasteiger partial charge in [0.05, 0.1) is 37.2 Å². The zero-order valence-electron chi connectivity index (χ0n) is 83.8. The summed E-state index contributed by atoms with van der Waals surface area (Å²) in [5.74, 6) is -6.72. The Labute approximate surface area is 603 Å². The summed E-state index contributed by atoms with van der Waals surface area (Å²) >= 11 is 0.944. The molecule has 6 aromatic carbocycles. The number of alkyl halides is 6. The summed E-state index contributed by atoms with van der Waals surface area (Å²) in [6.07, 6.45) is -20.3. The molecule has 0 fully saturated rings. The smallest absolute Gasteiger partial charge is 0.336 e. The summed E-state index contributed by atoms with van der Waals surface area (Å²) in [6.45, 7) is -23.7. The van der Waals surface area contributed by atoms with Crippen molar-refractivity contribution in [2.75, 3.05) is 52.2 Å². The Bertz CT molecular complexity index is 5680. The molecule has 0 bridgehead atoms. The van der Waals surface area contributed by atoms with E-state index in [0.29, 0.717) is 32.9 Å². The molecule has 2 aliphatic rings. The highest BCUT2D eigenvalue weighted by Crippen LogP contribution is 2.36. The van der Waals surface area contributed by atoms with Crippen LogP contribution in [0, 0.1) is 18.6 Å². The lowest BCUT2D eigenvalue weighted by Gasteiger charge is -2.28. The summed E-state index contributed by atoms with van der Waals surface area (Å²) in [7, 11) is 0. The number of amides is 2. The third-order valence-corrected chi connectivity index (χ3v) is 16.0. The van der Waals surface area contributed by atoms with Crippen LogP contribution in [0.25, 0.3) is 22.3 Å². The number of aromatic nitrogens is 4. The van der Waals surface area contributed by atoms with E-state index in [1.54, 1.807) is 0 Å². The number of rotatable bonds is 26. The number of benzene rings is 6. The minimum Gasteiger partial charge on any atom is -0.336 e. The molecule has 8 aromatic rings. The molecule has 2 heterocycles. The van der Waals surface area contributed by atoms with Crippen molar-refractivity contribution in [3.63, 3.8) is 0 Å². The summed E-state index contributed by atoms with van der Waals surface area (Å²) < 4.78 is 395. The number of nitrogens with zero attached hydrogens (tertiary/aromatic N) is 8. The number of fused-ring (bicyclic) bond motifs is 2. The minimum absolute atomic E-state index is 0.0158. The SMILES string of the molecule is [2H]C([2H])(C)N(CCN(C(=O)C([2H])([2H])n1c(SCc2ccc(F)cc2)nc(=O)c2c1CCC2)C([2H])([2H])c1ccc(-c2ccc(C(F)(F)F)cc2)cc1)C([2H])([2H])C.[2H]c1c([2H])c(CSc2nc(=O)c3c(n2C([2H])([2H])C(=O)N(CCN(C([2H])([2H])C)C([2H])([2H])C)C([2H])([2H])c2c([2H])c([2H])c(-c4c([2H])c([2H])c(C(F)(F)F)c(C)c4[2H])c([2H])c2[2H])C([2H])([2H])C([2H])([2H])C3([2H])[2H])c([2H])c([2H])c1F. The van der Waals surface area contributed by atoms with Gasteiger partial charge < -0.3 is 28.7 Å². The van der Waals surface area contributed by atoms with Crippen molar-refractivity contribution >= 4 is 35.3 Å². The number of carbonyl (C=O) groups excluding carboxylic acids is 2. The van der Waals surface area contributed by atoms with E-state index in [1.807, 2.05) is 0 Å².